The van der Waals surface area contributed by atoms with Crippen LogP contribution in [0.5, 0.6) is 11.5 Å². The van der Waals surface area contributed by atoms with Gasteiger partial charge in [0.05, 0.1) is 13.4 Å². The molecule has 4 heteroatoms. The summed E-state index contributed by atoms with van der Waals surface area (Å²) in [6.07, 6.45) is 1.27. The van der Waals surface area contributed by atoms with Gasteiger partial charge >= 0.3 is 0 Å². The van der Waals surface area contributed by atoms with Gasteiger partial charge in [-0.05, 0) is 43.7 Å². The number of benzene rings is 1. The number of rotatable bonds is 5. The van der Waals surface area contributed by atoms with Crippen LogP contribution in [-0.2, 0) is 0 Å². The van der Waals surface area contributed by atoms with Crippen LogP contribution in [0.1, 0.15) is 24.4 Å². The van der Waals surface area contributed by atoms with E-state index in [0.29, 0.717) is 17.3 Å². The van der Waals surface area contributed by atoms with Gasteiger partial charge in [-0.1, -0.05) is 6.07 Å². The summed E-state index contributed by atoms with van der Waals surface area (Å²) in [5.41, 5.74) is 7.08. The lowest BCUT2D eigenvalue weighted by Gasteiger charge is -2.22. The molecule has 1 aromatic heterocycles. The SMILES string of the molecule is COc1cc(C)ccc1OC(c1ccco1)C(C)N. The summed E-state index contributed by atoms with van der Waals surface area (Å²) < 4.78 is 16.7. The molecule has 2 N–H and O–H groups in total. The van der Waals surface area contributed by atoms with Gasteiger partial charge in [-0.25, -0.2) is 0 Å². The molecule has 2 aromatic rings. The maximum atomic E-state index is 5.97. The van der Waals surface area contributed by atoms with E-state index in [1.54, 1.807) is 13.4 Å². The second-order valence-corrected chi connectivity index (χ2v) is 4.57. The number of ether oxygens (including phenoxy) is 2. The fourth-order valence-corrected chi connectivity index (χ4v) is 1.89. The molecule has 2 rings (SSSR count). The average Bonchev–Trinajstić information content (AvgIpc) is 2.90. The highest BCUT2D eigenvalue weighted by Crippen LogP contribution is 2.33. The quantitative estimate of drug-likeness (QED) is 0.898. The summed E-state index contributed by atoms with van der Waals surface area (Å²) in [5.74, 6) is 2.06. The zero-order valence-corrected chi connectivity index (χ0v) is 11.4. The van der Waals surface area contributed by atoms with Crippen molar-refractivity contribution in [2.24, 2.45) is 5.73 Å². The first-order valence-electron chi connectivity index (χ1n) is 6.22. The van der Waals surface area contributed by atoms with Crippen molar-refractivity contribution in [3.8, 4) is 11.5 Å². The van der Waals surface area contributed by atoms with Crippen LogP contribution < -0.4 is 15.2 Å². The van der Waals surface area contributed by atoms with Crippen molar-refractivity contribution >= 4 is 0 Å². The second-order valence-electron chi connectivity index (χ2n) is 4.57. The third-order valence-corrected chi connectivity index (χ3v) is 2.87. The van der Waals surface area contributed by atoms with Gasteiger partial charge in [-0.15, -0.1) is 0 Å². The molecule has 0 aliphatic heterocycles. The first kappa shape index (κ1) is 13.5. The fourth-order valence-electron chi connectivity index (χ4n) is 1.89. The van der Waals surface area contributed by atoms with Crippen LogP contribution in [0.15, 0.2) is 41.0 Å². The van der Waals surface area contributed by atoms with Crippen LogP contribution in [0, 0.1) is 6.92 Å². The Bertz CT molecular complexity index is 520. The van der Waals surface area contributed by atoms with Gasteiger partial charge < -0.3 is 19.6 Å². The molecule has 0 bridgehead atoms. The van der Waals surface area contributed by atoms with Crippen molar-refractivity contribution in [3.63, 3.8) is 0 Å². The predicted octanol–water partition coefficient (Wildman–Crippen LogP) is 3.06. The molecule has 2 unspecified atom stereocenters. The zero-order chi connectivity index (χ0) is 13.8. The van der Waals surface area contributed by atoms with Gasteiger partial charge in [0, 0.05) is 6.04 Å². The summed E-state index contributed by atoms with van der Waals surface area (Å²) in [5, 5.41) is 0. The molecular formula is C15H19NO3. The Kier molecular flexibility index (Phi) is 4.12. The fraction of sp³-hybridized carbons (Fsp3) is 0.333. The molecule has 4 nitrogen and oxygen atoms in total. The van der Waals surface area contributed by atoms with Crippen LogP contribution in [0.25, 0.3) is 0 Å². The predicted molar refractivity (Wildman–Crippen MR) is 73.5 cm³/mol. The van der Waals surface area contributed by atoms with Crippen molar-refractivity contribution < 1.29 is 13.9 Å². The van der Waals surface area contributed by atoms with Gasteiger partial charge in [0.25, 0.3) is 0 Å². The topological polar surface area (TPSA) is 57.6 Å². The highest BCUT2D eigenvalue weighted by molar-refractivity contribution is 5.42. The summed E-state index contributed by atoms with van der Waals surface area (Å²) in [6.45, 7) is 3.88. The maximum Gasteiger partial charge on any atom is 0.171 e. The molecule has 0 saturated heterocycles. The van der Waals surface area contributed by atoms with Gasteiger partial charge in [0.15, 0.2) is 17.6 Å². The first-order chi connectivity index (χ1) is 9.11. The number of aryl methyl sites for hydroxylation is 1. The minimum atomic E-state index is -0.341. The maximum absolute atomic E-state index is 5.97. The molecule has 0 radical (unpaired) electrons. The van der Waals surface area contributed by atoms with E-state index in [2.05, 4.69) is 0 Å². The molecule has 0 spiro atoms. The van der Waals surface area contributed by atoms with E-state index in [9.17, 15) is 0 Å². The minimum absolute atomic E-state index is 0.197. The number of hydrogen-bond donors (Lipinski definition) is 1. The highest BCUT2D eigenvalue weighted by atomic mass is 16.5. The van der Waals surface area contributed by atoms with Crippen LogP contribution in [0.4, 0.5) is 0 Å². The third kappa shape index (κ3) is 3.09. The largest absolute Gasteiger partial charge is 0.493 e. The van der Waals surface area contributed by atoms with Gasteiger partial charge in [-0.3, -0.25) is 0 Å². The molecule has 0 amide bonds. The molecule has 0 aliphatic rings. The summed E-state index contributed by atoms with van der Waals surface area (Å²) in [7, 11) is 1.62. The number of nitrogens with two attached hydrogens (primary N) is 1. The van der Waals surface area contributed by atoms with E-state index in [1.165, 1.54) is 0 Å². The third-order valence-electron chi connectivity index (χ3n) is 2.87. The molecular weight excluding hydrogens is 242 g/mol. The number of furan rings is 1. The normalized spacial score (nSPS) is 13.9. The smallest absolute Gasteiger partial charge is 0.171 e. The Morgan fingerprint density at radius 3 is 2.58 bits per heavy atom. The summed E-state index contributed by atoms with van der Waals surface area (Å²) in [4.78, 5) is 0. The van der Waals surface area contributed by atoms with Gasteiger partial charge in [0.2, 0.25) is 0 Å². The lowest BCUT2D eigenvalue weighted by molar-refractivity contribution is 0.147. The van der Waals surface area contributed by atoms with Gasteiger partial charge in [0.1, 0.15) is 5.76 Å². The Morgan fingerprint density at radius 1 is 1.21 bits per heavy atom. The van der Waals surface area contributed by atoms with E-state index < -0.39 is 0 Å². The Morgan fingerprint density at radius 2 is 2.00 bits per heavy atom. The van der Waals surface area contributed by atoms with Crippen molar-refractivity contribution in [2.45, 2.75) is 26.0 Å². The molecule has 0 fully saturated rings. The molecule has 102 valence electrons. The lowest BCUT2D eigenvalue weighted by atomic mass is 10.1. The Hall–Kier alpha value is -1.94. The second kappa shape index (κ2) is 5.80. The van der Waals surface area contributed by atoms with Crippen molar-refractivity contribution in [2.75, 3.05) is 7.11 Å². The van der Waals surface area contributed by atoms with Crippen LogP contribution in [-0.4, -0.2) is 13.2 Å². The molecule has 2 atom stereocenters. The van der Waals surface area contributed by atoms with E-state index in [1.807, 2.05) is 44.2 Å². The van der Waals surface area contributed by atoms with Crippen molar-refractivity contribution in [3.05, 3.63) is 47.9 Å². The van der Waals surface area contributed by atoms with Gasteiger partial charge in [-0.2, -0.15) is 0 Å². The average molecular weight is 261 g/mol. The first-order valence-corrected chi connectivity index (χ1v) is 6.22. The minimum Gasteiger partial charge on any atom is -0.493 e. The molecule has 1 aromatic carbocycles. The molecule has 0 aliphatic carbocycles. The standard InChI is InChI=1S/C15H19NO3/c1-10-6-7-12(14(9-10)17-3)19-15(11(2)16)13-5-4-8-18-13/h4-9,11,15H,16H2,1-3H3. The highest BCUT2D eigenvalue weighted by Gasteiger charge is 2.22. The van der Waals surface area contributed by atoms with Crippen molar-refractivity contribution in [1.29, 1.82) is 0 Å². The van der Waals surface area contributed by atoms with E-state index in [4.69, 9.17) is 19.6 Å². The van der Waals surface area contributed by atoms with Crippen LogP contribution in [0.3, 0.4) is 0 Å². The number of hydrogen-bond acceptors (Lipinski definition) is 4. The Balaban J connectivity index is 2.27. The molecule has 0 saturated carbocycles. The summed E-state index contributed by atoms with van der Waals surface area (Å²) in [6, 6.07) is 9.26. The van der Waals surface area contributed by atoms with Crippen LogP contribution >= 0.6 is 0 Å². The number of methoxy groups -OCH3 is 1. The van der Waals surface area contributed by atoms with E-state index in [0.717, 1.165) is 5.56 Å². The summed E-state index contributed by atoms with van der Waals surface area (Å²) >= 11 is 0. The molecule has 1 heterocycles. The van der Waals surface area contributed by atoms with Crippen molar-refractivity contribution in [1.82, 2.24) is 0 Å². The van der Waals surface area contributed by atoms with E-state index in [-0.39, 0.29) is 12.1 Å². The lowest BCUT2D eigenvalue weighted by Crippen LogP contribution is -2.28. The Labute approximate surface area is 113 Å². The van der Waals surface area contributed by atoms with E-state index >= 15 is 0 Å². The monoisotopic (exact) mass is 261 g/mol. The van der Waals surface area contributed by atoms with Crippen LogP contribution in [0.2, 0.25) is 0 Å². The zero-order valence-electron chi connectivity index (χ0n) is 11.4. The molecule has 19 heavy (non-hydrogen) atoms.